The third kappa shape index (κ3) is 4.63. The van der Waals surface area contributed by atoms with Gasteiger partial charge in [0.25, 0.3) is 17.7 Å². The topological polar surface area (TPSA) is 127 Å². The van der Waals surface area contributed by atoms with Gasteiger partial charge in [-0.2, -0.15) is 0 Å². The summed E-state index contributed by atoms with van der Waals surface area (Å²) in [6, 6.07) is 7.38. The highest BCUT2D eigenvalue weighted by Gasteiger charge is 2.36. The summed E-state index contributed by atoms with van der Waals surface area (Å²) in [5.74, 6) is -1.74. The van der Waals surface area contributed by atoms with Crippen molar-refractivity contribution in [1.82, 2.24) is 14.7 Å². The van der Waals surface area contributed by atoms with E-state index in [1.54, 1.807) is 19.1 Å². The predicted octanol–water partition coefficient (Wildman–Crippen LogP) is 1.53. The molecule has 0 unspecified atom stereocenters. The summed E-state index contributed by atoms with van der Waals surface area (Å²) < 4.78 is 15.3. The molecule has 0 radical (unpaired) electrons. The fourth-order valence-electron chi connectivity index (χ4n) is 3.77. The number of nitrogens with zero attached hydrogens (tertiary/aromatic N) is 3. The average Bonchev–Trinajstić information content (AvgIpc) is 3.45. The summed E-state index contributed by atoms with van der Waals surface area (Å²) in [6.45, 7) is 2.76. The van der Waals surface area contributed by atoms with Crippen LogP contribution >= 0.6 is 0 Å². The molecule has 34 heavy (non-hydrogen) atoms. The number of fused-ring (bicyclic) bond motifs is 1. The molecule has 3 heterocycles. The molecular weight excluding hydrogens is 446 g/mol. The zero-order chi connectivity index (χ0) is 24.2. The number of rotatable bonds is 6. The van der Waals surface area contributed by atoms with E-state index in [0.29, 0.717) is 31.9 Å². The lowest BCUT2D eigenvalue weighted by Gasteiger charge is -2.33. The van der Waals surface area contributed by atoms with Crippen LogP contribution in [-0.2, 0) is 20.8 Å². The number of amides is 4. The van der Waals surface area contributed by atoms with E-state index in [0.717, 1.165) is 4.90 Å². The second-order valence-electron chi connectivity index (χ2n) is 7.68. The maximum Gasteiger partial charge on any atom is 0.409 e. The van der Waals surface area contributed by atoms with E-state index in [-0.39, 0.29) is 29.8 Å². The molecule has 11 heteroatoms. The SMILES string of the molecule is CCOC(=O)N1CCN(C(=O)COC(=O)c2ccc3c(c2)C(=O)N(Cc2ccco2)C3=O)CC1. The maximum absolute atomic E-state index is 12.7. The van der Waals surface area contributed by atoms with Crippen LogP contribution < -0.4 is 0 Å². The monoisotopic (exact) mass is 469 g/mol. The van der Waals surface area contributed by atoms with Crippen molar-refractivity contribution in [2.24, 2.45) is 0 Å². The number of imide groups is 1. The highest BCUT2D eigenvalue weighted by atomic mass is 16.6. The number of piperazine rings is 1. The Hall–Kier alpha value is -4.15. The van der Waals surface area contributed by atoms with Gasteiger partial charge in [-0.25, -0.2) is 9.59 Å². The molecule has 178 valence electrons. The Morgan fingerprint density at radius 2 is 1.65 bits per heavy atom. The lowest BCUT2D eigenvalue weighted by atomic mass is 10.1. The fraction of sp³-hybridized carbons (Fsp3) is 0.348. The Balaban J connectivity index is 1.32. The van der Waals surface area contributed by atoms with Crippen LogP contribution in [-0.4, -0.2) is 83.9 Å². The smallest absolute Gasteiger partial charge is 0.409 e. The van der Waals surface area contributed by atoms with Gasteiger partial charge in [0.15, 0.2) is 6.61 Å². The van der Waals surface area contributed by atoms with Gasteiger partial charge >= 0.3 is 12.1 Å². The molecule has 0 bridgehead atoms. The van der Waals surface area contributed by atoms with E-state index >= 15 is 0 Å². The zero-order valence-corrected chi connectivity index (χ0v) is 18.5. The first-order valence-corrected chi connectivity index (χ1v) is 10.8. The molecule has 2 aliphatic rings. The maximum atomic E-state index is 12.7. The van der Waals surface area contributed by atoms with Crippen molar-refractivity contribution < 1.29 is 37.9 Å². The van der Waals surface area contributed by atoms with Crippen LogP contribution in [0.25, 0.3) is 0 Å². The first-order valence-electron chi connectivity index (χ1n) is 10.8. The first kappa shape index (κ1) is 23.0. The molecule has 1 saturated heterocycles. The van der Waals surface area contributed by atoms with E-state index in [4.69, 9.17) is 13.9 Å². The lowest BCUT2D eigenvalue weighted by molar-refractivity contribution is -0.136. The second kappa shape index (κ2) is 9.77. The summed E-state index contributed by atoms with van der Waals surface area (Å²) in [6.07, 6.45) is 1.02. The van der Waals surface area contributed by atoms with Gasteiger partial charge in [0.1, 0.15) is 5.76 Å². The van der Waals surface area contributed by atoms with Gasteiger partial charge in [0, 0.05) is 26.2 Å². The van der Waals surface area contributed by atoms with E-state index in [2.05, 4.69) is 0 Å². The zero-order valence-electron chi connectivity index (χ0n) is 18.5. The predicted molar refractivity (Wildman–Crippen MR) is 115 cm³/mol. The number of carbonyl (C=O) groups is 5. The number of esters is 1. The molecule has 2 aromatic rings. The molecule has 4 amide bonds. The molecule has 0 N–H and O–H groups in total. The van der Waals surface area contributed by atoms with E-state index in [1.165, 1.54) is 34.3 Å². The van der Waals surface area contributed by atoms with E-state index < -0.39 is 36.4 Å². The average molecular weight is 469 g/mol. The number of ether oxygens (including phenoxy) is 2. The lowest BCUT2D eigenvalue weighted by Crippen LogP contribution is -2.51. The minimum atomic E-state index is -0.786. The van der Waals surface area contributed by atoms with E-state index in [9.17, 15) is 24.0 Å². The second-order valence-corrected chi connectivity index (χ2v) is 7.68. The molecule has 1 aromatic heterocycles. The largest absolute Gasteiger partial charge is 0.467 e. The number of hydrogen-bond acceptors (Lipinski definition) is 8. The minimum Gasteiger partial charge on any atom is -0.467 e. The molecule has 0 atom stereocenters. The molecule has 11 nitrogen and oxygen atoms in total. The number of hydrogen-bond donors (Lipinski definition) is 0. The Morgan fingerprint density at radius 3 is 2.32 bits per heavy atom. The highest BCUT2D eigenvalue weighted by molar-refractivity contribution is 6.21. The van der Waals surface area contributed by atoms with Crippen LogP contribution in [0.15, 0.2) is 41.0 Å². The molecule has 1 fully saturated rings. The van der Waals surface area contributed by atoms with Crippen LogP contribution in [0, 0.1) is 0 Å². The van der Waals surface area contributed by atoms with Gasteiger partial charge in [-0.1, -0.05) is 0 Å². The van der Waals surface area contributed by atoms with Gasteiger partial charge in [0.2, 0.25) is 0 Å². The van der Waals surface area contributed by atoms with Gasteiger partial charge < -0.3 is 23.7 Å². The van der Waals surface area contributed by atoms with Crippen molar-refractivity contribution in [3.8, 4) is 0 Å². The Morgan fingerprint density at radius 1 is 0.941 bits per heavy atom. The van der Waals surface area contributed by atoms with Crippen molar-refractivity contribution in [3.63, 3.8) is 0 Å². The molecule has 4 rings (SSSR count). The van der Waals surface area contributed by atoms with E-state index in [1.807, 2.05) is 0 Å². The number of furan rings is 1. The van der Waals surface area contributed by atoms with Crippen LogP contribution in [0.3, 0.4) is 0 Å². The quantitative estimate of drug-likeness (QED) is 0.461. The standard InChI is InChI=1S/C23H23N3O8/c1-2-32-23(31)25-9-7-24(8-10-25)19(27)14-34-22(30)15-5-6-17-18(12-15)21(29)26(20(17)28)13-16-4-3-11-33-16/h3-6,11-12H,2,7-10,13-14H2,1H3. The van der Waals surface area contributed by atoms with Crippen LogP contribution in [0.1, 0.15) is 43.8 Å². The normalized spacial score (nSPS) is 15.4. The van der Waals surface area contributed by atoms with Crippen molar-refractivity contribution >= 4 is 29.8 Å². The van der Waals surface area contributed by atoms with Crippen LogP contribution in [0.4, 0.5) is 4.79 Å². The summed E-state index contributed by atoms with van der Waals surface area (Å²) in [4.78, 5) is 66.0. The van der Waals surface area contributed by atoms with Crippen LogP contribution in [0.5, 0.6) is 0 Å². The summed E-state index contributed by atoms with van der Waals surface area (Å²) in [5.41, 5.74) is 0.329. The van der Waals surface area contributed by atoms with Gasteiger partial charge in [-0.05, 0) is 37.3 Å². The van der Waals surface area contributed by atoms with Gasteiger partial charge in [0.05, 0.1) is 36.1 Å². The van der Waals surface area contributed by atoms with Crippen molar-refractivity contribution in [1.29, 1.82) is 0 Å². The van der Waals surface area contributed by atoms with Crippen molar-refractivity contribution in [2.75, 3.05) is 39.4 Å². The summed E-state index contributed by atoms with van der Waals surface area (Å²) in [7, 11) is 0. The molecule has 0 aliphatic carbocycles. The molecule has 2 aliphatic heterocycles. The number of carbonyl (C=O) groups excluding carboxylic acids is 5. The van der Waals surface area contributed by atoms with Crippen LogP contribution in [0.2, 0.25) is 0 Å². The highest BCUT2D eigenvalue weighted by Crippen LogP contribution is 2.26. The Bertz CT molecular complexity index is 1120. The van der Waals surface area contributed by atoms with Crippen molar-refractivity contribution in [2.45, 2.75) is 13.5 Å². The third-order valence-corrected chi connectivity index (χ3v) is 5.59. The third-order valence-electron chi connectivity index (χ3n) is 5.59. The molecule has 0 saturated carbocycles. The molecule has 1 aromatic carbocycles. The first-order chi connectivity index (χ1) is 16.4. The Kier molecular flexibility index (Phi) is 6.62. The fourth-order valence-corrected chi connectivity index (χ4v) is 3.77. The van der Waals surface area contributed by atoms with Crippen molar-refractivity contribution in [3.05, 3.63) is 59.0 Å². The summed E-state index contributed by atoms with van der Waals surface area (Å²) >= 11 is 0. The molecule has 0 spiro atoms. The summed E-state index contributed by atoms with van der Waals surface area (Å²) in [5, 5.41) is 0. The molecular formula is C23H23N3O8. The Labute approximate surface area is 194 Å². The minimum absolute atomic E-state index is 0.0168. The number of benzene rings is 1. The van der Waals surface area contributed by atoms with Gasteiger partial charge in [-0.15, -0.1) is 0 Å². The van der Waals surface area contributed by atoms with Gasteiger partial charge in [-0.3, -0.25) is 19.3 Å².